The molecule has 4 rings (SSSR count). The van der Waals surface area contributed by atoms with Gasteiger partial charge in [-0.15, -0.1) is 0 Å². The normalized spacial score (nSPS) is 18.9. The maximum absolute atomic E-state index is 14.5. The Hall–Kier alpha value is -2.73. The zero-order chi connectivity index (χ0) is 20.4. The lowest BCUT2D eigenvalue weighted by Crippen LogP contribution is -2.41. The van der Waals surface area contributed by atoms with Gasteiger partial charge in [-0.2, -0.15) is 5.10 Å². The number of rotatable bonds is 5. The first kappa shape index (κ1) is 19.6. The first-order chi connectivity index (χ1) is 14.0. The SMILES string of the molecule is O=C(NCC(=O)N1N=C(c2ccccc2Cl)CC1c1ccccc1F)C1CCC1. The van der Waals surface area contributed by atoms with Gasteiger partial charge in [0.05, 0.1) is 18.3 Å². The molecule has 0 saturated heterocycles. The van der Waals surface area contributed by atoms with Crippen molar-refractivity contribution in [2.75, 3.05) is 6.54 Å². The molecule has 2 amide bonds. The van der Waals surface area contributed by atoms with Crippen LogP contribution >= 0.6 is 11.6 Å². The van der Waals surface area contributed by atoms with Crippen molar-refractivity contribution in [1.82, 2.24) is 10.3 Å². The highest BCUT2D eigenvalue weighted by Gasteiger charge is 2.35. The van der Waals surface area contributed by atoms with Gasteiger partial charge in [0.15, 0.2) is 0 Å². The number of hydrogen-bond acceptors (Lipinski definition) is 3. The van der Waals surface area contributed by atoms with Crippen LogP contribution in [0.3, 0.4) is 0 Å². The minimum absolute atomic E-state index is 0.00840. The van der Waals surface area contributed by atoms with Gasteiger partial charge >= 0.3 is 0 Å². The molecule has 150 valence electrons. The van der Waals surface area contributed by atoms with Gasteiger partial charge in [-0.3, -0.25) is 9.59 Å². The zero-order valence-corrected chi connectivity index (χ0v) is 16.5. The largest absolute Gasteiger partial charge is 0.347 e. The van der Waals surface area contributed by atoms with Crippen LogP contribution in [-0.4, -0.2) is 29.1 Å². The van der Waals surface area contributed by atoms with Gasteiger partial charge in [0.25, 0.3) is 5.91 Å². The number of benzene rings is 2. The average Bonchev–Trinajstić information content (AvgIpc) is 3.10. The number of amides is 2. The average molecular weight is 414 g/mol. The van der Waals surface area contributed by atoms with Crippen molar-refractivity contribution in [3.63, 3.8) is 0 Å². The van der Waals surface area contributed by atoms with Crippen LogP contribution in [0.25, 0.3) is 0 Å². The maximum atomic E-state index is 14.5. The van der Waals surface area contributed by atoms with Gasteiger partial charge in [-0.25, -0.2) is 9.40 Å². The van der Waals surface area contributed by atoms with Crippen molar-refractivity contribution >= 4 is 29.1 Å². The van der Waals surface area contributed by atoms with E-state index in [1.54, 1.807) is 24.3 Å². The molecule has 1 aliphatic carbocycles. The molecule has 2 aromatic carbocycles. The monoisotopic (exact) mass is 413 g/mol. The molecule has 2 aliphatic rings. The summed E-state index contributed by atoms with van der Waals surface area (Å²) >= 11 is 6.30. The Kier molecular flexibility index (Phi) is 5.62. The van der Waals surface area contributed by atoms with Crippen LogP contribution in [0.1, 0.15) is 42.9 Å². The molecule has 2 aromatic rings. The van der Waals surface area contributed by atoms with Gasteiger partial charge in [0, 0.05) is 28.5 Å². The summed E-state index contributed by atoms with van der Waals surface area (Å²) in [6.07, 6.45) is 3.10. The summed E-state index contributed by atoms with van der Waals surface area (Å²) in [5, 5.41) is 8.96. The summed E-state index contributed by atoms with van der Waals surface area (Å²) in [5.74, 6) is -0.898. The number of halogens is 2. The third kappa shape index (κ3) is 4.03. The first-order valence-corrected chi connectivity index (χ1v) is 10.1. The van der Waals surface area contributed by atoms with Crippen LogP contribution in [0, 0.1) is 11.7 Å². The molecule has 1 atom stereocenters. The lowest BCUT2D eigenvalue weighted by atomic mass is 9.85. The minimum Gasteiger partial charge on any atom is -0.347 e. The van der Waals surface area contributed by atoms with Gasteiger partial charge in [0.2, 0.25) is 5.91 Å². The molecule has 7 heteroatoms. The molecular weight excluding hydrogens is 393 g/mol. The topological polar surface area (TPSA) is 61.8 Å². The van der Waals surface area contributed by atoms with Gasteiger partial charge in [-0.05, 0) is 25.0 Å². The molecule has 1 heterocycles. The molecule has 1 saturated carbocycles. The van der Waals surface area contributed by atoms with Crippen LogP contribution in [0.15, 0.2) is 53.6 Å². The first-order valence-electron chi connectivity index (χ1n) is 9.71. The number of nitrogens with zero attached hydrogens (tertiary/aromatic N) is 2. The van der Waals surface area contributed by atoms with E-state index in [0.29, 0.717) is 28.3 Å². The fourth-order valence-electron chi connectivity index (χ4n) is 3.64. The molecule has 1 unspecified atom stereocenters. The van der Waals surface area contributed by atoms with E-state index in [9.17, 15) is 14.0 Å². The highest BCUT2D eigenvalue weighted by molar-refractivity contribution is 6.34. The van der Waals surface area contributed by atoms with E-state index in [0.717, 1.165) is 19.3 Å². The van der Waals surface area contributed by atoms with Crippen LogP contribution in [0.5, 0.6) is 0 Å². The van der Waals surface area contributed by atoms with E-state index in [-0.39, 0.29) is 24.3 Å². The third-order valence-electron chi connectivity index (χ3n) is 5.50. The second-order valence-electron chi connectivity index (χ2n) is 7.35. The van der Waals surface area contributed by atoms with Crippen molar-refractivity contribution in [2.45, 2.75) is 31.7 Å². The second kappa shape index (κ2) is 8.33. The van der Waals surface area contributed by atoms with Crippen molar-refractivity contribution in [2.24, 2.45) is 11.0 Å². The Labute approximate surface area is 173 Å². The molecule has 0 aromatic heterocycles. The molecular formula is C22H21ClFN3O2. The van der Waals surface area contributed by atoms with E-state index in [1.165, 1.54) is 11.1 Å². The third-order valence-corrected chi connectivity index (χ3v) is 5.83. The summed E-state index contributed by atoms with van der Waals surface area (Å²) in [4.78, 5) is 25.0. The molecule has 0 bridgehead atoms. The lowest BCUT2D eigenvalue weighted by molar-refractivity contribution is -0.136. The molecule has 29 heavy (non-hydrogen) atoms. The van der Waals surface area contributed by atoms with E-state index >= 15 is 0 Å². The molecule has 1 fully saturated rings. The number of hydrazone groups is 1. The quantitative estimate of drug-likeness (QED) is 0.803. The second-order valence-corrected chi connectivity index (χ2v) is 7.76. The summed E-state index contributed by atoms with van der Waals surface area (Å²) in [5.41, 5.74) is 1.71. The smallest absolute Gasteiger partial charge is 0.262 e. The fraction of sp³-hybridized carbons (Fsp3) is 0.318. The van der Waals surface area contributed by atoms with Crippen molar-refractivity contribution in [3.05, 3.63) is 70.5 Å². The summed E-state index contributed by atoms with van der Waals surface area (Å²) in [6, 6.07) is 13.0. The zero-order valence-electron chi connectivity index (χ0n) is 15.8. The number of nitrogens with one attached hydrogen (secondary N) is 1. The number of carbonyl (C=O) groups excluding carboxylic acids is 2. The van der Waals surface area contributed by atoms with Gasteiger partial charge in [-0.1, -0.05) is 54.4 Å². The predicted octanol–water partition coefficient (Wildman–Crippen LogP) is 4.07. The van der Waals surface area contributed by atoms with Crippen molar-refractivity contribution < 1.29 is 14.0 Å². The number of carbonyl (C=O) groups is 2. The van der Waals surface area contributed by atoms with Crippen LogP contribution in [-0.2, 0) is 9.59 Å². The van der Waals surface area contributed by atoms with E-state index < -0.39 is 11.9 Å². The van der Waals surface area contributed by atoms with Crippen molar-refractivity contribution in [3.8, 4) is 0 Å². The Morgan fingerprint density at radius 1 is 1.14 bits per heavy atom. The maximum Gasteiger partial charge on any atom is 0.262 e. The summed E-state index contributed by atoms with van der Waals surface area (Å²) in [6.45, 7) is -0.167. The predicted molar refractivity (Wildman–Crippen MR) is 109 cm³/mol. The molecule has 0 radical (unpaired) electrons. The lowest BCUT2D eigenvalue weighted by Gasteiger charge is -2.25. The molecule has 0 spiro atoms. The Morgan fingerprint density at radius 2 is 1.86 bits per heavy atom. The van der Waals surface area contributed by atoms with Crippen molar-refractivity contribution in [1.29, 1.82) is 0 Å². The van der Waals surface area contributed by atoms with Crippen LogP contribution in [0.4, 0.5) is 4.39 Å². The molecule has 1 N–H and O–H groups in total. The van der Waals surface area contributed by atoms with Gasteiger partial charge in [0.1, 0.15) is 5.82 Å². The Balaban J connectivity index is 1.58. The Morgan fingerprint density at radius 3 is 2.55 bits per heavy atom. The van der Waals surface area contributed by atoms with Crippen LogP contribution in [0.2, 0.25) is 5.02 Å². The Bertz CT molecular complexity index is 974. The van der Waals surface area contributed by atoms with E-state index in [4.69, 9.17) is 11.6 Å². The summed E-state index contributed by atoms with van der Waals surface area (Å²) in [7, 11) is 0. The molecule has 1 aliphatic heterocycles. The van der Waals surface area contributed by atoms with E-state index in [2.05, 4.69) is 10.4 Å². The fourth-order valence-corrected chi connectivity index (χ4v) is 3.89. The van der Waals surface area contributed by atoms with Crippen LogP contribution < -0.4 is 5.32 Å². The highest BCUT2D eigenvalue weighted by atomic mass is 35.5. The van der Waals surface area contributed by atoms with Gasteiger partial charge < -0.3 is 5.32 Å². The number of hydrogen-bond donors (Lipinski definition) is 1. The standard InChI is InChI=1S/C22H21ClFN3O2/c23-17-10-3-1-8-15(17)19-12-20(16-9-2-4-11-18(16)24)27(26-19)21(28)13-25-22(29)14-6-5-7-14/h1-4,8-11,14,20H,5-7,12-13H2,(H,25,29). The summed E-state index contributed by atoms with van der Waals surface area (Å²) < 4.78 is 14.5. The molecule has 5 nitrogen and oxygen atoms in total. The van der Waals surface area contributed by atoms with E-state index in [1.807, 2.05) is 18.2 Å². The minimum atomic E-state index is -0.587. The highest BCUT2D eigenvalue weighted by Crippen LogP contribution is 2.35.